The van der Waals surface area contributed by atoms with Gasteiger partial charge >= 0.3 is 0 Å². The zero-order chi connectivity index (χ0) is 33.3. The molecule has 12 nitrogen and oxygen atoms in total. The minimum Gasteiger partial charge on any atom is -0.253 e. The van der Waals surface area contributed by atoms with Gasteiger partial charge in [-0.1, -0.05) is 42.5 Å². The maximum absolute atomic E-state index is 4.86. The van der Waals surface area contributed by atoms with Crippen LogP contribution < -0.4 is 0 Å². The van der Waals surface area contributed by atoms with Crippen molar-refractivity contribution in [3.8, 4) is 68.7 Å². The maximum Gasteiger partial charge on any atom is 0.181 e. The number of hydrogen-bond donors (Lipinski definition) is 0. The third-order valence-electron chi connectivity index (χ3n) is 8.11. The van der Waals surface area contributed by atoms with Gasteiger partial charge in [0.05, 0.1) is 0 Å². The quantitative estimate of drug-likeness (QED) is 0.176. The molecule has 9 aromatic rings. The Morgan fingerprint density at radius 1 is 0.320 bits per heavy atom. The van der Waals surface area contributed by atoms with Gasteiger partial charge in [0.2, 0.25) is 0 Å². The van der Waals surface area contributed by atoms with Gasteiger partial charge in [0, 0.05) is 35.3 Å². The van der Waals surface area contributed by atoms with E-state index in [9.17, 15) is 0 Å². The highest BCUT2D eigenvalue weighted by Gasteiger charge is 2.17. The second-order valence-electron chi connectivity index (χ2n) is 11.2. The third kappa shape index (κ3) is 5.42. The van der Waals surface area contributed by atoms with E-state index in [0.29, 0.717) is 52.0 Å². The highest BCUT2D eigenvalue weighted by Crippen LogP contribution is 2.37. The summed E-state index contributed by atoms with van der Waals surface area (Å²) in [5, 5.41) is 3.85. The van der Waals surface area contributed by atoms with Crippen molar-refractivity contribution in [1.29, 1.82) is 0 Å². The zero-order valence-corrected chi connectivity index (χ0v) is 26.1. The molecule has 0 spiro atoms. The van der Waals surface area contributed by atoms with Crippen LogP contribution in [0.1, 0.15) is 0 Å². The van der Waals surface area contributed by atoms with Crippen LogP contribution >= 0.6 is 0 Å². The molecule has 0 amide bonds. The van der Waals surface area contributed by atoms with Crippen molar-refractivity contribution in [2.75, 3.05) is 0 Å². The Morgan fingerprint density at radius 2 is 0.780 bits per heavy atom. The van der Waals surface area contributed by atoms with Crippen molar-refractivity contribution in [2.24, 2.45) is 0 Å². The molecule has 6 aromatic heterocycles. The lowest BCUT2D eigenvalue weighted by Crippen LogP contribution is -1.99. The summed E-state index contributed by atoms with van der Waals surface area (Å²) in [5.74, 6) is 3.04. The Labute approximate surface area is 284 Å². The number of fused-ring (bicyclic) bond motifs is 3. The highest BCUT2D eigenvalue weighted by molar-refractivity contribution is 6.14. The monoisotopic (exact) mass is 646 g/mol. The van der Waals surface area contributed by atoms with Crippen molar-refractivity contribution in [3.05, 3.63) is 135 Å². The molecule has 0 aliphatic carbocycles. The van der Waals surface area contributed by atoms with E-state index in [-0.39, 0.29) is 0 Å². The Hall–Kier alpha value is -7.34. The van der Waals surface area contributed by atoms with Gasteiger partial charge < -0.3 is 0 Å². The number of hydrogen-bond acceptors (Lipinski definition) is 12. The van der Waals surface area contributed by atoms with Crippen molar-refractivity contribution < 1.29 is 0 Å². The fourth-order valence-electron chi connectivity index (χ4n) is 5.78. The molecule has 0 fully saturated rings. The Kier molecular flexibility index (Phi) is 7.13. The van der Waals surface area contributed by atoms with Crippen molar-refractivity contribution >= 4 is 21.5 Å². The molecule has 0 bridgehead atoms. The molecular formula is C38H22N12. The number of pyridine rings is 3. The van der Waals surface area contributed by atoms with E-state index in [4.69, 9.17) is 15.0 Å². The summed E-state index contributed by atoms with van der Waals surface area (Å²) in [6.07, 6.45) is 9.68. The molecule has 0 saturated heterocycles. The van der Waals surface area contributed by atoms with Gasteiger partial charge in [-0.2, -0.15) is 0 Å². The molecule has 0 radical (unpaired) electrons. The molecule has 234 valence electrons. The average molecular weight is 647 g/mol. The molecule has 0 atom stereocenters. The van der Waals surface area contributed by atoms with Crippen molar-refractivity contribution in [3.63, 3.8) is 0 Å². The SMILES string of the molecule is c1ccc(-c2ncnc(-c3ccc4c(c3)cc(-c3ncnc(-c5ccccn5)n3)c3ccc(-c5ncnc(-c6ccccn6)n5)cc34)n2)nc1. The molecule has 3 aromatic carbocycles. The van der Waals surface area contributed by atoms with Gasteiger partial charge in [0.1, 0.15) is 36.1 Å². The van der Waals surface area contributed by atoms with Gasteiger partial charge in [-0.05, 0) is 76.1 Å². The standard InChI is InChI=1S/C38H22N12/c1-4-14-39-30(7-1)36-45-20-42-33(48-36)23-10-12-26-25(17-23)19-29(35-44-22-47-38(50-35)32-9-3-6-16-41-32)27-13-11-24(18-28(26)27)34-43-21-46-37(49-34)31-8-2-5-15-40-31/h1-22H. The Balaban J connectivity index is 1.23. The summed E-state index contributed by atoms with van der Waals surface area (Å²) in [7, 11) is 0. The summed E-state index contributed by atoms with van der Waals surface area (Å²) in [4.78, 5) is 54.4. The first-order valence-corrected chi connectivity index (χ1v) is 15.6. The Bertz CT molecular complexity index is 2660. The summed E-state index contributed by atoms with van der Waals surface area (Å²) in [6.45, 7) is 0. The molecule has 6 heterocycles. The fraction of sp³-hybridized carbons (Fsp3) is 0. The predicted molar refractivity (Wildman–Crippen MR) is 188 cm³/mol. The van der Waals surface area contributed by atoms with Crippen LogP contribution in [0, 0.1) is 0 Å². The van der Waals surface area contributed by atoms with Crippen molar-refractivity contribution in [1.82, 2.24) is 59.8 Å². The second-order valence-corrected chi connectivity index (χ2v) is 11.2. The minimum absolute atomic E-state index is 0.480. The molecular weight excluding hydrogens is 625 g/mol. The fourth-order valence-corrected chi connectivity index (χ4v) is 5.78. The molecule has 9 rings (SSSR count). The molecule has 0 aliphatic rings. The lowest BCUT2D eigenvalue weighted by atomic mass is 9.94. The summed E-state index contributed by atoms with van der Waals surface area (Å²) in [6, 6.07) is 31.2. The first-order valence-electron chi connectivity index (χ1n) is 15.6. The van der Waals surface area contributed by atoms with Crippen molar-refractivity contribution in [2.45, 2.75) is 0 Å². The third-order valence-corrected chi connectivity index (χ3v) is 8.11. The van der Waals surface area contributed by atoms with E-state index in [0.717, 1.165) is 38.2 Å². The Morgan fingerprint density at radius 3 is 1.30 bits per heavy atom. The molecule has 0 N–H and O–H groups in total. The van der Waals surface area contributed by atoms with E-state index in [2.05, 4.69) is 69.1 Å². The lowest BCUT2D eigenvalue weighted by molar-refractivity contribution is 1.05. The van der Waals surface area contributed by atoms with Gasteiger partial charge in [-0.3, -0.25) is 15.0 Å². The number of aromatic nitrogens is 12. The average Bonchev–Trinajstić information content (AvgIpc) is 3.21. The van der Waals surface area contributed by atoms with Crippen LogP contribution in [0.4, 0.5) is 0 Å². The normalized spacial score (nSPS) is 11.2. The minimum atomic E-state index is 0.480. The topological polar surface area (TPSA) is 155 Å². The van der Waals surface area contributed by atoms with E-state index in [1.807, 2.05) is 72.8 Å². The smallest absolute Gasteiger partial charge is 0.181 e. The van der Waals surface area contributed by atoms with Gasteiger partial charge in [-0.15, -0.1) is 0 Å². The van der Waals surface area contributed by atoms with E-state index in [1.165, 1.54) is 19.0 Å². The first-order chi connectivity index (χ1) is 24.8. The van der Waals surface area contributed by atoms with Gasteiger partial charge in [0.15, 0.2) is 34.9 Å². The van der Waals surface area contributed by atoms with Crippen LogP contribution in [0.15, 0.2) is 135 Å². The highest BCUT2D eigenvalue weighted by atomic mass is 15.0. The van der Waals surface area contributed by atoms with E-state index >= 15 is 0 Å². The predicted octanol–water partition coefficient (Wildman–Crippen LogP) is 6.74. The van der Waals surface area contributed by atoms with Gasteiger partial charge in [-0.25, -0.2) is 44.9 Å². The number of rotatable bonds is 6. The largest absolute Gasteiger partial charge is 0.253 e. The van der Waals surface area contributed by atoms with Crippen LogP contribution in [0.3, 0.4) is 0 Å². The van der Waals surface area contributed by atoms with Crippen LogP contribution in [0.25, 0.3) is 90.3 Å². The summed E-state index contributed by atoms with van der Waals surface area (Å²) >= 11 is 0. The lowest BCUT2D eigenvalue weighted by Gasteiger charge is -2.13. The van der Waals surface area contributed by atoms with Gasteiger partial charge in [0.25, 0.3) is 0 Å². The zero-order valence-electron chi connectivity index (χ0n) is 26.1. The number of nitrogens with zero attached hydrogens (tertiary/aromatic N) is 12. The molecule has 0 aliphatic heterocycles. The summed E-state index contributed by atoms with van der Waals surface area (Å²) < 4.78 is 0. The van der Waals surface area contributed by atoms with E-state index in [1.54, 1.807) is 18.6 Å². The molecule has 12 heteroatoms. The second kappa shape index (κ2) is 12.4. The maximum atomic E-state index is 4.86. The first kappa shape index (κ1) is 28.8. The van der Waals surface area contributed by atoms with Crippen LogP contribution in [-0.4, -0.2) is 59.8 Å². The van der Waals surface area contributed by atoms with Crippen LogP contribution in [-0.2, 0) is 0 Å². The molecule has 0 saturated carbocycles. The van der Waals surface area contributed by atoms with Crippen LogP contribution in [0.5, 0.6) is 0 Å². The van der Waals surface area contributed by atoms with Crippen LogP contribution in [0.2, 0.25) is 0 Å². The number of benzene rings is 3. The molecule has 0 unspecified atom stereocenters. The summed E-state index contributed by atoms with van der Waals surface area (Å²) in [5.41, 5.74) is 4.46. The van der Waals surface area contributed by atoms with E-state index < -0.39 is 0 Å². The molecule has 50 heavy (non-hydrogen) atoms.